The Bertz CT molecular complexity index is 810. The first kappa shape index (κ1) is 20.9. The molecule has 6 heteroatoms. The molecule has 1 saturated heterocycles. The molecule has 0 radical (unpaired) electrons. The maximum atomic E-state index is 12.9. The lowest BCUT2D eigenvalue weighted by molar-refractivity contribution is -0.137. The highest BCUT2D eigenvalue weighted by atomic mass is 16.5. The van der Waals surface area contributed by atoms with E-state index in [4.69, 9.17) is 10.5 Å². The summed E-state index contributed by atoms with van der Waals surface area (Å²) < 4.78 is 5.92. The van der Waals surface area contributed by atoms with Gasteiger partial charge in [0.15, 0.2) is 6.61 Å². The molecule has 0 aromatic heterocycles. The quantitative estimate of drug-likeness (QED) is 0.719. The van der Waals surface area contributed by atoms with Crippen molar-refractivity contribution in [1.82, 2.24) is 10.2 Å². The van der Waals surface area contributed by atoms with Crippen LogP contribution in [0.1, 0.15) is 25.7 Å². The molecule has 2 aromatic rings. The number of likely N-dealkylation sites (tertiary alicyclic amines) is 1. The Hall–Kier alpha value is -2.86. The van der Waals surface area contributed by atoms with Gasteiger partial charge in [-0.25, -0.2) is 0 Å². The largest absolute Gasteiger partial charge is 0.483 e. The molecule has 0 saturated carbocycles. The predicted molar refractivity (Wildman–Crippen MR) is 113 cm³/mol. The summed E-state index contributed by atoms with van der Waals surface area (Å²) in [6.07, 6.45) is 3.22. The van der Waals surface area contributed by atoms with Gasteiger partial charge in [-0.05, 0) is 30.9 Å². The van der Waals surface area contributed by atoms with Crippen molar-refractivity contribution in [3.63, 3.8) is 0 Å². The molecule has 0 aliphatic carbocycles. The van der Waals surface area contributed by atoms with Crippen LogP contribution in [0.15, 0.2) is 54.6 Å². The molecular formula is C23H29N3O3. The molecule has 1 atom stereocenters. The molecule has 0 bridgehead atoms. The van der Waals surface area contributed by atoms with E-state index in [1.165, 1.54) is 0 Å². The Morgan fingerprint density at radius 1 is 1.07 bits per heavy atom. The smallest absolute Gasteiger partial charge is 0.260 e. The van der Waals surface area contributed by atoms with Gasteiger partial charge in [0.25, 0.3) is 5.91 Å². The number of hydrogen-bond acceptors (Lipinski definition) is 4. The van der Waals surface area contributed by atoms with Crippen LogP contribution in [0.5, 0.6) is 5.75 Å². The minimum Gasteiger partial charge on any atom is -0.483 e. The molecule has 6 nitrogen and oxygen atoms in total. The summed E-state index contributed by atoms with van der Waals surface area (Å²) in [5, 5.41) is 2.89. The summed E-state index contributed by atoms with van der Waals surface area (Å²) >= 11 is 0. The van der Waals surface area contributed by atoms with Crippen LogP contribution >= 0.6 is 0 Å². The number of ether oxygens (including phenoxy) is 1. The van der Waals surface area contributed by atoms with E-state index in [1.807, 2.05) is 59.5 Å². The third-order valence-corrected chi connectivity index (χ3v) is 5.18. The average Bonchev–Trinajstić information content (AvgIpc) is 2.77. The Labute approximate surface area is 172 Å². The van der Waals surface area contributed by atoms with Crippen molar-refractivity contribution in [3.05, 3.63) is 54.6 Å². The van der Waals surface area contributed by atoms with Gasteiger partial charge in [-0.2, -0.15) is 0 Å². The van der Waals surface area contributed by atoms with E-state index in [-0.39, 0.29) is 24.5 Å². The summed E-state index contributed by atoms with van der Waals surface area (Å²) in [7, 11) is 0. The van der Waals surface area contributed by atoms with Gasteiger partial charge in [0.1, 0.15) is 5.75 Å². The summed E-state index contributed by atoms with van der Waals surface area (Å²) in [4.78, 5) is 26.4. The highest BCUT2D eigenvalue weighted by Crippen LogP contribution is 2.29. The Balaban J connectivity index is 1.62. The van der Waals surface area contributed by atoms with Crippen molar-refractivity contribution in [2.45, 2.75) is 31.7 Å². The number of carbonyl (C=O) groups excluding carboxylic acids is 2. The van der Waals surface area contributed by atoms with Crippen LogP contribution in [0.4, 0.5) is 0 Å². The Morgan fingerprint density at radius 2 is 1.83 bits per heavy atom. The van der Waals surface area contributed by atoms with E-state index in [1.54, 1.807) is 0 Å². The maximum absolute atomic E-state index is 12.9. The second kappa shape index (κ2) is 10.6. The first-order valence-corrected chi connectivity index (χ1v) is 10.2. The van der Waals surface area contributed by atoms with Gasteiger partial charge in [0.05, 0.1) is 0 Å². The van der Waals surface area contributed by atoms with Crippen molar-refractivity contribution in [2.24, 2.45) is 5.73 Å². The van der Waals surface area contributed by atoms with Crippen LogP contribution in [0.2, 0.25) is 0 Å². The van der Waals surface area contributed by atoms with E-state index in [2.05, 4.69) is 5.32 Å². The number of nitrogens with one attached hydrogen (secondary N) is 1. The van der Waals surface area contributed by atoms with Crippen molar-refractivity contribution in [1.29, 1.82) is 0 Å². The molecule has 0 spiro atoms. The number of hydrogen-bond donors (Lipinski definition) is 2. The second-order valence-electron chi connectivity index (χ2n) is 7.23. The third kappa shape index (κ3) is 5.81. The second-order valence-corrected chi connectivity index (χ2v) is 7.23. The Kier molecular flexibility index (Phi) is 7.64. The van der Waals surface area contributed by atoms with Gasteiger partial charge in [0.2, 0.25) is 5.91 Å². The van der Waals surface area contributed by atoms with Crippen LogP contribution in [0.3, 0.4) is 0 Å². The van der Waals surface area contributed by atoms with Crippen molar-refractivity contribution >= 4 is 11.8 Å². The lowest BCUT2D eigenvalue weighted by Crippen LogP contribution is -2.50. The topological polar surface area (TPSA) is 84.7 Å². The predicted octanol–water partition coefficient (Wildman–Crippen LogP) is 2.58. The molecular weight excluding hydrogens is 366 g/mol. The van der Waals surface area contributed by atoms with Crippen LogP contribution in [-0.2, 0) is 9.59 Å². The van der Waals surface area contributed by atoms with Gasteiger partial charge < -0.3 is 20.7 Å². The fourth-order valence-electron chi connectivity index (χ4n) is 3.66. The van der Waals surface area contributed by atoms with Gasteiger partial charge in [-0.15, -0.1) is 0 Å². The van der Waals surface area contributed by atoms with Gasteiger partial charge in [-0.1, -0.05) is 48.5 Å². The summed E-state index contributed by atoms with van der Waals surface area (Å²) in [6.45, 7) is 1.47. The third-order valence-electron chi connectivity index (χ3n) is 5.18. The molecule has 3 rings (SSSR count). The van der Waals surface area contributed by atoms with Crippen LogP contribution in [0, 0.1) is 0 Å². The van der Waals surface area contributed by atoms with E-state index < -0.39 is 0 Å². The van der Waals surface area contributed by atoms with Crippen LogP contribution in [-0.4, -0.2) is 49.0 Å². The minimum atomic E-state index is -0.0708. The molecule has 1 aliphatic heterocycles. The number of piperidine rings is 1. The van der Waals surface area contributed by atoms with E-state index in [0.717, 1.165) is 30.4 Å². The molecule has 154 valence electrons. The fraction of sp³-hybridized carbons (Fsp3) is 0.391. The molecule has 29 heavy (non-hydrogen) atoms. The number of para-hydroxylation sites is 1. The summed E-state index contributed by atoms with van der Waals surface area (Å²) in [6, 6.07) is 17.7. The lowest BCUT2D eigenvalue weighted by Gasteiger charge is -2.35. The normalized spacial score (nSPS) is 16.3. The number of benzene rings is 2. The van der Waals surface area contributed by atoms with E-state index >= 15 is 0 Å². The molecule has 2 amide bonds. The van der Waals surface area contributed by atoms with Crippen molar-refractivity contribution < 1.29 is 14.3 Å². The number of rotatable bonds is 8. The molecule has 1 heterocycles. The minimum absolute atomic E-state index is 0.00550. The molecule has 1 fully saturated rings. The van der Waals surface area contributed by atoms with Crippen molar-refractivity contribution in [3.8, 4) is 16.9 Å². The van der Waals surface area contributed by atoms with Gasteiger partial charge in [-0.3, -0.25) is 9.59 Å². The van der Waals surface area contributed by atoms with E-state index in [9.17, 15) is 9.59 Å². The molecule has 2 aromatic carbocycles. The maximum Gasteiger partial charge on any atom is 0.260 e. The monoisotopic (exact) mass is 395 g/mol. The van der Waals surface area contributed by atoms with Crippen LogP contribution in [0.25, 0.3) is 11.1 Å². The fourth-order valence-corrected chi connectivity index (χ4v) is 3.66. The first-order valence-electron chi connectivity index (χ1n) is 10.2. The average molecular weight is 396 g/mol. The molecule has 1 aliphatic rings. The zero-order valence-corrected chi connectivity index (χ0v) is 16.7. The number of nitrogens with zero attached hydrogens (tertiary/aromatic N) is 1. The molecule has 3 N–H and O–H groups in total. The lowest BCUT2D eigenvalue weighted by atomic mass is 10.0. The van der Waals surface area contributed by atoms with Crippen molar-refractivity contribution in [2.75, 3.05) is 26.2 Å². The first-order chi connectivity index (χ1) is 14.2. The van der Waals surface area contributed by atoms with Crippen LogP contribution < -0.4 is 15.8 Å². The highest BCUT2D eigenvalue weighted by molar-refractivity contribution is 5.79. The van der Waals surface area contributed by atoms with Gasteiger partial charge in [0, 0.05) is 37.7 Å². The summed E-state index contributed by atoms with van der Waals surface area (Å²) in [5.41, 5.74) is 7.43. The highest BCUT2D eigenvalue weighted by Gasteiger charge is 2.27. The zero-order chi connectivity index (χ0) is 20.5. The molecule has 1 unspecified atom stereocenters. The Morgan fingerprint density at radius 3 is 2.62 bits per heavy atom. The standard InChI is InChI=1S/C23H29N3O3/c24-14-13-22(27)25-16-19-10-6-7-15-26(19)23(28)17-29-21-12-5-4-11-20(21)18-8-2-1-3-9-18/h1-5,8-9,11-12,19H,6-7,10,13-17,24H2,(H,25,27). The number of carbonyl (C=O) groups is 2. The van der Waals surface area contributed by atoms with Gasteiger partial charge >= 0.3 is 0 Å². The zero-order valence-electron chi connectivity index (χ0n) is 16.7. The number of nitrogens with two attached hydrogens (primary N) is 1. The SMILES string of the molecule is NCCC(=O)NCC1CCCCN1C(=O)COc1ccccc1-c1ccccc1. The number of amides is 2. The summed E-state index contributed by atoms with van der Waals surface area (Å²) in [5.74, 6) is 0.570. The van der Waals surface area contributed by atoms with E-state index in [0.29, 0.717) is 31.8 Å².